The average molecular weight is 556 g/mol. The van der Waals surface area contributed by atoms with Gasteiger partial charge in [0, 0.05) is 6.04 Å². The van der Waals surface area contributed by atoms with Crippen LogP contribution in [-0.2, 0) is 0 Å². The van der Waals surface area contributed by atoms with Gasteiger partial charge in [-0.05, 0) is 102 Å². The summed E-state index contributed by atoms with van der Waals surface area (Å²) in [6, 6.07) is 34.0. The number of nitrogens with zero attached hydrogens (tertiary/aromatic N) is 1. The highest BCUT2D eigenvalue weighted by Gasteiger charge is 2.29. The Morgan fingerprint density at radius 2 is 1.02 bits per heavy atom. The quantitative estimate of drug-likeness (QED) is 0.192. The monoisotopic (exact) mass is 555 g/mol. The van der Waals surface area contributed by atoms with Gasteiger partial charge in [-0.2, -0.15) is 0 Å². The van der Waals surface area contributed by atoms with E-state index in [2.05, 4.69) is 91.9 Å². The topological polar surface area (TPSA) is 39.1 Å². The van der Waals surface area contributed by atoms with Crippen molar-refractivity contribution < 1.29 is 0 Å². The minimum absolute atomic E-state index is 0.159. The van der Waals surface area contributed by atoms with Gasteiger partial charge in [0.2, 0.25) is 0 Å². The third-order valence-corrected chi connectivity index (χ3v) is 9.87. The van der Waals surface area contributed by atoms with E-state index in [9.17, 15) is 9.59 Å². The zero-order valence-corrected chi connectivity index (χ0v) is 24.2. The maximum atomic E-state index is 14.5. The molecule has 9 rings (SSSR count). The van der Waals surface area contributed by atoms with E-state index < -0.39 is 0 Å². The molecule has 0 N–H and O–H groups in total. The normalized spacial score (nSPS) is 13.3. The van der Waals surface area contributed by atoms with Gasteiger partial charge in [-0.1, -0.05) is 105 Å². The molecule has 0 radical (unpaired) electrons. The molecule has 0 aliphatic heterocycles. The Hall–Kier alpha value is -5.02. The Morgan fingerprint density at radius 3 is 1.49 bits per heavy atom. The number of fused-ring (bicyclic) bond motifs is 3. The van der Waals surface area contributed by atoms with Gasteiger partial charge in [-0.25, -0.2) is 0 Å². The zero-order chi connectivity index (χ0) is 29.0. The van der Waals surface area contributed by atoms with Gasteiger partial charge in [-0.3, -0.25) is 14.2 Å². The first-order chi connectivity index (χ1) is 21.1. The van der Waals surface area contributed by atoms with Gasteiger partial charge in [0.1, 0.15) is 0 Å². The molecular formula is C40H29NO2. The molecule has 1 heterocycles. The Labute approximate surface area is 248 Å². The molecular weight excluding hydrogens is 526 g/mol. The highest BCUT2D eigenvalue weighted by molar-refractivity contribution is 6.50. The molecule has 0 bridgehead atoms. The molecule has 0 spiro atoms. The van der Waals surface area contributed by atoms with Gasteiger partial charge >= 0.3 is 0 Å². The smallest absolute Gasteiger partial charge is 0.262 e. The van der Waals surface area contributed by atoms with Crippen molar-refractivity contribution in [1.29, 1.82) is 0 Å². The summed E-state index contributed by atoms with van der Waals surface area (Å²) in [6.07, 6.45) is 2.80. The van der Waals surface area contributed by atoms with Crippen LogP contribution in [-0.4, -0.2) is 4.57 Å². The maximum absolute atomic E-state index is 14.5. The molecule has 3 heteroatoms. The van der Waals surface area contributed by atoms with E-state index in [1.807, 2.05) is 19.1 Å². The lowest BCUT2D eigenvalue weighted by Gasteiger charge is -2.12. The van der Waals surface area contributed by atoms with Crippen molar-refractivity contribution in [2.75, 3.05) is 0 Å². The fraction of sp³-hybridized carbons (Fsp3) is 0.150. The van der Waals surface area contributed by atoms with Crippen LogP contribution in [0.4, 0.5) is 0 Å². The lowest BCUT2D eigenvalue weighted by atomic mass is 9.89. The summed E-state index contributed by atoms with van der Waals surface area (Å²) < 4.78 is 1.55. The molecule has 3 nitrogen and oxygen atoms in total. The van der Waals surface area contributed by atoms with Crippen LogP contribution in [0.5, 0.6) is 0 Å². The van der Waals surface area contributed by atoms with Crippen LogP contribution in [0.3, 0.4) is 0 Å². The Kier molecular flexibility index (Phi) is 5.00. The molecule has 0 saturated carbocycles. The number of aromatic nitrogens is 1. The van der Waals surface area contributed by atoms with Crippen LogP contribution in [0.25, 0.3) is 86.9 Å². The summed E-state index contributed by atoms with van der Waals surface area (Å²) in [5.41, 5.74) is 4.09. The first kappa shape index (κ1) is 24.6. The van der Waals surface area contributed by atoms with E-state index in [1.54, 1.807) is 4.57 Å². The summed E-state index contributed by atoms with van der Waals surface area (Å²) in [4.78, 5) is 28.9. The van der Waals surface area contributed by atoms with E-state index in [1.165, 1.54) is 32.3 Å². The van der Waals surface area contributed by atoms with Gasteiger partial charge in [-0.15, -0.1) is 0 Å². The molecule has 0 aliphatic carbocycles. The van der Waals surface area contributed by atoms with E-state index in [4.69, 9.17) is 0 Å². The van der Waals surface area contributed by atoms with E-state index in [0.29, 0.717) is 10.8 Å². The lowest BCUT2D eigenvalue weighted by Crippen LogP contribution is -2.28. The van der Waals surface area contributed by atoms with Crippen LogP contribution < -0.4 is 11.1 Å². The van der Waals surface area contributed by atoms with Crippen LogP contribution >= 0.6 is 0 Å². The molecule has 0 amide bonds. The Morgan fingerprint density at radius 1 is 0.558 bits per heavy atom. The number of hydrogen-bond donors (Lipinski definition) is 0. The van der Waals surface area contributed by atoms with Crippen LogP contribution in [0, 0.1) is 0 Å². The summed E-state index contributed by atoms with van der Waals surface area (Å²) in [5, 5.41) is 12.3. The highest BCUT2D eigenvalue weighted by atomic mass is 16.2. The summed E-state index contributed by atoms with van der Waals surface area (Å²) in [6.45, 7) is 4.16. The molecule has 0 fully saturated rings. The van der Waals surface area contributed by atoms with Crippen molar-refractivity contribution in [3.63, 3.8) is 0 Å². The molecule has 1 aromatic heterocycles. The number of benzene rings is 7. The molecule has 1 atom stereocenters. The molecule has 43 heavy (non-hydrogen) atoms. The third-order valence-electron chi connectivity index (χ3n) is 9.87. The van der Waals surface area contributed by atoms with E-state index in [-0.39, 0.29) is 17.2 Å². The van der Waals surface area contributed by atoms with Crippen molar-refractivity contribution in [2.45, 2.75) is 39.2 Å². The van der Waals surface area contributed by atoms with Crippen LogP contribution in [0.15, 0.2) is 107 Å². The minimum atomic E-state index is -0.161. The molecule has 8 aromatic carbocycles. The molecule has 9 aromatic rings. The standard InChI is InChI=1S/C40H29NO2/c1-3-4-11-22(2)41-39(42)37-30-20-28(23-12-7-5-8-13-23)26-18-16-25-17-19-27-29(24-14-9-6-10-15-24)21-31(38(37)40(41)43)36-34(27)32(25)33(26)35(30)36/h5-10,12-22H,3-4,11H2,1-2H3. The van der Waals surface area contributed by atoms with Gasteiger partial charge in [0.15, 0.2) is 0 Å². The fourth-order valence-corrected chi connectivity index (χ4v) is 7.95. The van der Waals surface area contributed by atoms with Gasteiger partial charge in [0.05, 0.1) is 10.8 Å². The van der Waals surface area contributed by atoms with Crippen molar-refractivity contribution in [3.8, 4) is 22.3 Å². The van der Waals surface area contributed by atoms with E-state index in [0.717, 1.165) is 63.1 Å². The minimum Gasteiger partial charge on any atom is -0.271 e. The second-order valence-corrected chi connectivity index (χ2v) is 12.2. The summed E-state index contributed by atoms with van der Waals surface area (Å²) in [7, 11) is 0. The largest absolute Gasteiger partial charge is 0.271 e. The van der Waals surface area contributed by atoms with E-state index >= 15 is 0 Å². The predicted molar refractivity (Wildman–Crippen MR) is 182 cm³/mol. The lowest BCUT2D eigenvalue weighted by molar-refractivity contribution is 0.470. The molecule has 0 aliphatic rings. The average Bonchev–Trinajstić information content (AvgIpc) is 3.55. The fourth-order valence-electron chi connectivity index (χ4n) is 7.95. The van der Waals surface area contributed by atoms with Crippen LogP contribution in [0.2, 0.25) is 0 Å². The van der Waals surface area contributed by atoms with Gasteiger partial charge in [0.25, 0.3) is 11.1 Å². The maximum Gasteiger partial charge on any atom is 0.262 e. The zero-order valence-electron chi connectivity index (χ0n) is 24.2. The first-order valence-corrected chi connectivity index (χ1v) is 15.4. The second-order valence-electron chi connectivity index (χ2n) is 12.2. The second kappa shape index (κ2) is 8.75. The molecule has 0 saturated heterocycles. The van der Waals surface area contributed by atoms with Gasteiger partial charge < -0.3 is 0 Å². The highest BCUT2D eigenvalue weighted by Crippen LogP contribution is 2.53. The SMILES string of the molecule is CCCCC(C)n1c(=O)c2c3cc(-c4ccccc4)c4ccc5ccc6c(-c7ccccc7)cc(c2c1=O)c1c6c5c4c31. The van der Waals surface area contributed by atoms with Crippen molar-refractivity contribution in [3.05, 3.63) is 118 Å². The predicted octanol–water partition coefficient (Wildman–Crippen LogP) is 9.96. The summed E-state index contributed by atoms with van der Waals surface area (Å²) >= 11 is 0. The van der Waals surface area contributed by atoms with Crippen molar-refractivity contribution in [2.24, 2.45) is 0 Å². The number of unbranched alkanes of at least 4 members (excludes halogenated alkanes) is 1. The third kappa shape index (κ3) is 3.09. The van der Waals surface area contributed by atoms with Crippen molar-refractivity contribution >= 4 is 64.6 Å². The molecule has 206 valence electrons. The van der Waals surface area contributed by atoms with Crippen LogP contribution in [0.1, 0.15) is 39.2 Å². The molecule has 1 unspecified atom stereocenters. The Bertz CT molecular complexity index is 2410. The number of hydrogen-bond acceptors (Lipinski definition) is 2. The Balaban J connectivity index is 1.59. The van der Waals surface area contributed by atoms with Crippen molar-refractivity contribution in [1.82, 2.24) is 4.57 Å². The number of rotatable bonds is 6. The first-order valence-electron chi connectivity index (χ1n) is 15.4. The summed E-state index contributed by atoms with van der Waals surface area (Å²) in [5.74, 6) is 0.